The number of hydrogen-bond donors (Lipinski definition) is 0. The third-order valence-electron chi connectivity index (χ3n) is 2.92. The zero-order valence-electron chi connectivity index (χ0n) is 15.0. The summed E-state index contributed by atoms with van der Waals surface area (Å²) in [5, 5.41) is 0. The van der Waals surface area contributed by atoms with E-state index in [9.17, 15) is 19.2 Å². The number of aliphatic imine (C=N–C) groups is 4. The summed E-state index contributed by atoms with van der Waals surface area (Å²) in [6.07, 6.45) is 12.9. The molecule has 0 fully saturated rings. The number of isocyanates is 4. The molecule has 26 heavy (non-hydrogen) atoms. The van der Waals surface area contributed by atoms with Crippen LogP contribution in [0.25, 0.3) is 0 Å². The van der Waals surface area contributed by atoms with E-state index in [4.69, 9.17) is 0 Å². The van der Waals surface area contributed by atoms with Crippen LogP contribution >= 0.6 is 11.8 Å². The van der Waals surface area contributed by atoms with E-state index in [0.29, 0.717) is 26.2 Å². The minimum absolute atomic E-state index is 0.559. The Bertz CT molecular complexity index is 415. The molecule has 0 aliphatic rings. The minimum Gasteiger partial charge on any atom is -0.211 e. The molecule has 0 aromatic rings. The molecular weight excluding hydrogens is 356 g/mol. The van der Waals surface area contributed by atoms with E-state index in [-0.39, 0.29) is 0 Å². The predicted octanol–water partition coefficient (Wildman–Crippen LogP) is 2.78. The molecule has 0 saturated carbocycles. The number of carbonyl (C=O) groups excluding carboxylic acids is 4. The van der Waals surface area contributed by atoms with Crippen LogP contribution in [0.2, 0.25) is 0 Å². The van der Waals surface area contributed by atoms with Gasteiger partial charge in [-0.1, -0.05) is 19.3 Å². The average molecular weight is 382 g/mol. The minimum atomic E-state index is 0.559. The molecular formula is C17H26N4O4S. The van der Waals surface area contributed by atoms with Gasteiger partial charge in [0.2, 0.25) is 24.3 Å². The van der Waals surface area contributed by atoms with E-state index >= 15 is 0 Å². The number of thioether (sulfide) groups is 1. The molecule has 0 atom stereocenters. The highest BCUT2D eigenvalue weighted by atomic mass is 32.2. The van der Waals surface area contributed by atoms with Crippen LogP contribution < -0.4 is 0 Å². The molecule has 0 aromatic carbocycles. The lowest BCUT2D eigenvalue weighted by molar-refractivity contribution is 0.558. The zero-order chi connectivity index (χ0) is 19.6. The highest BCUT2D eigenvalue weighted by Gasteiger charge is 1.90. The second kappa shape index (κ2) is 27.7. The lowest BCUT2D eigenvalue weighted by Gasteiger charge is -1.96. The molecule has 0 rings (SSSR count). The fourth-order valence-electron chi connectivity index (χ4n) is 1.69. The van der Waals surface area contributed by atoms with Gasteiger partial charge in [0, 0.05) is 0 Å². The smallest absolute Gasteiger partial charge is 0.211 e. The van der Waals surface area contributed by atoms with Gasteiger partial charge in [-0.2, -0.15) is 11.8 Å². The first-order valence-electron chi connectivity index (χ1n) is 8.55. The normalized spacial score (nSPS) is 8.62. The lowest BCUT2D eigenvalue weighted by Crippen LogP contribution is -1.89. The summed E-state index contributed by atoms with van der Waals surface area (Å²) in [6, 6.07) is 0. The van der Waals surface area contributed by atoms with Crippen molar-refractivity contribution in [3.8, 4) is 0 Å². The van der Waals surface area contributed by atoms with Crippen molar-refractivity contribution in [2.24, 2.45) is 20.0 Å². The summed E-state index contributed by atoms with van der Waals surface area (Å²) < 4.78 is 0. The standard InChI is InChI=1S/C9H14N2O2.C8H12N2O2S/c12-8-10-6-4-2-1-3-5-7-11-9-13;11-7-9-3-1-5-13-6-2-4-10-8-12/h1-7H2;1-6H2. The van der Waals surface area contributed by atoms with Gasteiger partial charge in [0.1, 0.15) is 0 Å². The van der Waals surface area contributed by atoms with Crippen molar-refractivity contribution < 1.29 is 19.2 Å². The molecule has 9 heteroatoms. The van der Waals surface area contributed by atoms with Crippen LogP contribution in [0.1, 0.15) is 44.9 Å². The first-order valence-corrected chi connectivity index (χ1v) is 9.71. The largest absolute Gasteiger partial charge is 0.234 e. The summed E-state index contributed by atoms with van der Waals surface area (Å²) in [6.45, 7) is 2.28. The number of hydrogen-bond acceptors (Lipinski definition) is 9. The highest BCUT2D eigenvalue weighted by Crippen LogP contribution is 2.04. The maximum absolute atomic E-state index is 9.67. The third-order valence-corrected chi connectivity index (χ3v) is 4.07. The number of unbranched alkanes of at least 4 members (excludes halogenated alkanes) is 4. The van der Waals surface area contributed by atoms with Gasteiger partial charge in [-0.3, -0.25) is 0 Å². The summed E-state index contributed by atoms with van der Waals surface area (Å²) in [7, 11) is 0. The number of nitrogens with zero attached hydrogens (tertiary/aromatic N) is 4. The molecule has 0 amide bonds. The quantitative estimate of drug-likeness (QED) is 0.231. The van der Waals surface area contributed by atoms with E-state index < -0.39 is 0 Å². The molecule has 8 nitrogen and oxygen atoms in total. The summed E-state index contributed by atoms with van der Waals surface area (Å²) in [5.74, 6) is 1.96. The SMILES string of the molecule is O=C=NCCCCCCCN=C=O.O=C=NCCCSCCCN=C=O. The van der Waals surface area contributed by atoms with E-state index in [0.717, 1.165) is 56.5 Å². The van der Waals surface area contributed by atoms with Crippen LogP contribution in [0.5, 0.6) is 0 Å². The van der Waals surface area contributed by atoms with Crippen molar-refractivity contribution in [3.63, 3.8) is 0 Å². The van der Waals surface area contributed by atoms with Crippen molar-refractivity contribution in [1.82, 2.24) is 0 Å². The van der Waals surface area contributed by atoms with Crippen molar-refractivity contribution in [1.29, 1.82) is 0 Å². The topological polar surface area (TPSA) is 118 Å². The molecule has 0 saturated heterocycles. The van der Waals surface area contributed by atoms with Gasteiger partial charge in [0.15, 0.2) is 0 Å². The van der Waals surface area contributed by atoms with E-state index in [1.165, 1.54) is 24.3 Å². The molecule has 0 aromatic heterocycles. The molecule has 0 heterocycles. The maximum atomic E-state index is 9.67. The molecule has 0 unspecified atom stereocenters. The highest BCUT2D eigenvalue weighted by molar-refractivity contribution is 7.99. The van der Waals surface area contributed by atoms with Gasteiger partial charge in [-0.05, 0) is 37.2 Å². The summed E-state index contributed by atoms with van der Waals surface area (Å²) >= 11 is 1.77. The van der Waals surface area contributed by atoms with Crippen LogP contribution in [0.4, 0.5) is 0 Å². The van der Waals surface area contributed by atoms with Gasteiger partial charge >= 0.3 is 0 Å². The molecule has 0 N–H and O–H groups in total. The Kier molecular flexibility index (Phi) is 27.8. The zero-order valence-corrected chi connectivity index (χ0v) is 15.8. The predicted molar refractivity (Wildman–Crippen MR) is 102 cm³/mol. The summed E-state index contributed by atoms with van der Waals surface area (Å²) in [5.41, 5.74) is 0. The Morgan fingerprint density at radius 1 is 0.462 bits per heavy atom. The van der Waals surface area contributed by atoms with E-state index in [1.807, 2.05) is 0 Å². The van der Waals surface area contributed by atoms with Crippen molar-refractivity contribution in [2.45, 2.75) is 44.9 Å². The van der Waals surface area contributed by atoms with Gasteiger partial charge in [-0.25, -0.2) is 39.1 Å². The Labute approximate surface area is 158 Å². The van der Waals surface area contributed by atoms with E-state index in [2.05, 4.69) is 20.0 Å². The van der Waals surface area contributed by atoms with Gasteiger partial charge in [-0.15, -0.1) is 0 Å². The molecule has 0 bridgehead atoms. The van der Waals surface area contributed by atoms with Gasteiger partial charge in [0.05, 0.1) is 26.2 Å². The molecule has 0 aliphatic carbocycles. The second-order valence-electron chi connectivity index (χ2n) is 4.98. The van der Waals surface area contributed by atoms with Gasteiger partial charge in [0.25, 0.3) is 0 Å². The summed E-state index contributed by atoms with van der Waals surface area (Å²) in [4.78, 5) is 52.4. The Hall–Kier alpha value is -2.13. The maximum Gasteiger partial charge on any atom is 0.234 e. The Morgan fingerprint density at radius 3 is 1.12 bits per heavy atom. The fraction of sp³-hybridized carbons (Fsp3) is 0.765. The second-order valence-corrected chi connectivity index (χ2v) is 6.20. The van der Waals surface area contributed by atoms with Crippen molar-refractivity contribution in [3.05, 3.63) is 0 Å². The average Bonchev–Trinajstić information content (AvgIpc) is 2.66. The Morgan fingerprint density at radius 2 is 0.769 bits per heavy atom. The fourth-order valence-corrected chi connectivity index (χ4v) is 2.56. The van der Waals surface area contributed by atoms with Crippen LogP contribution in [0.15, 0.2) is 20.0 Å². The van der Waals surface area contributed by atoms with Gasteiger partial charge < -0.3 is 0 Å². The number of rotatable bonds is 16. The van der Waals surface area contributed by atoms with Crippen molar-refractivity contribution in [2.75, 3.05) is 37.7 Å². The first-order chi connectivity index (χ1) is 12.8. The monoisotopic (exact) mass is 382 g/mol. The molecule has 144 valence electrons. The van der Waals surface area contributed by atoms with Crippen LogP contribution in [-0.4, -0.2) is 62.0 Å². The molecule has 0 spiro atoms. The lowest BCUT2D eigenvalue weighted by atomic mass is 10.1. The molecule has 0 aliphatic heterocycles. The first kappa shape index (κ1) is 26.1. The van der Waals surface area contributed by atoms with Crippen LogP contribution in [0, 0.1) is 0 Å². The van der Waals surface area contributed by atoms with E-state index in [1.54, 1.807) is 11.8 Å². The molecule has 0 radical (unpaired) electrons. The van der Waals surface area contributed by atoms with Crippen molar-refractivity contribution >= 4 is 36.1 Å². The van der Waals surface area contributed by atoms with Crippen LogP contribution in [0.3, 0.4) is 0 Å². The third kappa shape index (κ3) is 29.8. The van der Waals surface area contributed by atoms with Crippen LogP contribution in [-0.2, 0) is 19.2 Å². The Balaban J connectivity index is 0.